The van der Waals surface area contributed by atoms with Gasteiger partial charge in [-0.05, 0) is 33.1 Å². The van der Waals surface area contributed by atoms with Crippen molar-refractivity contribution in [2.24, 2.45) is 0 Å². The number of amides is 3. The predicted molar refractivity (Wildman–Crippen MR) is 66.3 cm³/mol. The number of hydrogen-bond acceptors (Lipinski definition) is 4. The van der Waals surface area contributed by atoms with E-state index in [0.29, 0.717) is 12.4 Å². The van der Waals surface area contributed by atoms with Gasteiger partial charge in [-0.1, -0.05) is 0 Å². The van der Waals surface area contributed by atoms with E-state index in [2.05, 4.69) is 4.98 Å². The summed E-state index contributed by atoms with van der Waals surface area (Å²) in [7, 11) is 0. The number of aromatic nitrogens is 1. The number of imide groups is 1. The average molecular weight is 263 g/mol. The third-order valence-electron chi connectivity index (χ3n) is 3.90. The topological polar surface area (TPSA) is 66.7 Å². The van der Waals surface area contributed by atoms with Gasteiger partial charge in [0, 0.05) is 6.54 Å². The molecule has 19 heavy (non-hydrogen) atoms. The molecule has 6 nitrogen and oxygen atoms in total. The number of rotatable bonds is 2. The summed E-state index contributed by atoms with van der Waals surface area (Å²) in [6.45, 7) is 4.48. The summed E-state index contributed by atoms with van der Waals surface area (Å²) < 4.78 is 5.45. The van der Waals surface area contributed by atoms with Crippen LogP contribution in [0.25, 0.3) is 0 Å². The third kappa shape index (κ3) is 1.91. The zero-order chi connectivity index (χ0) is 13.6. The van der Waals surface area contributed by atoms with Gasteiger partial charge >= 0.3 is 6.03 Å². The SMILES string of the molecule is Cc1nc(CN2C(=O)[C@H]3CCCCN3C2=O)oc1C. The lowest BCUT2D eigenvalue weighted by Gasteiger charge is -2.25. The molecule has 3 amide bonds. The second kappa shape index (κ2) is 4.36. The largest absolute Gasteiger partial charge is 0.444 e. The first kappa shape index (κ1) is 12.2. The van der Waals surface area contributed by atoms with Crippen LogP contribution in [0.1, 0.15) is 36.6 Å². The van der Waals surface area contributed by atoms with Crippen LogP contribution in [0.4, 0.5) is 4.79 Å². The molecule has 0 N–H and O–H groups in total. The smallest absolute Gasteiger partial charge is 0.327 e. The van der Waals surface area contributed by atoms with Crippen LogP contribution < -0.4 is 0 Å². The molecule has 1 aromatic rings. The molecular weight excluding hydrogens is 246 g/mol. The molecule has 0 unspecified atom stereocenters. The summed E-state index contributed by atoms with van der Waals surface area (Å²) in [5, 5.41) is 0. The predicted octanol–water partition coefficient (Wildman–Crippen LogP) is 1.61. The van der Waals surface area contributed by atoms with Gasteiger partial charge in [-0.2, -0.15) is 0 Å². The maximum atomic E-state index is 12.2. The van der Waals surface area contributed by atoms with Crippen molar-refractivity contribution >= 4 is 11.9 Å². The van der Waals surface area contributed by atoms with Gasteiger partial charge in [0.05, 0.1) is 5.69 Å². The van der Waals surface area contributed by atoms with Crippen molar-refractivity contribution in [3.63, 3.8) is 0 Å². The summed E-state index contributed by atoms with van der Waals surface area (Å²) in [6.07, 6.45) is 2.75. The Kier molecular flexibility index (Phi) is 2.80. The fraction of sp³-hybridized carbons (Fsp3) is 0.615. The van der Waals surface area contributed by atoms with Crippen LogP contribution in [0.2, 0.25) is 0 Å². The van der Waals surface area contributed by atoms with E-state index in [4.69, 9.17) is 4.42 Å². The molecule has 102 valence electrons. The number of aryl methyl sites for hydroxylation is 2. The van der Waals surface area contributed by atoms with Crippen LogP contribution in [0, 0.1) is 13.8 Å². The third-order valence-corrected chi connectivity index (χ3v) is 3.90. The van der Waals surface area contributed by atoms with Crippen LogP contribution in [-0.4, -0.2) is 39.3 Å². The second-order valence-electron chi connectivity index (χ2n) is 5.16. The van der Waals surface area contributed by atoms with E-state index < -0.39 is 0 Å². The molecule has 2 saturated heterocycles. The van der Waals surface area contributed by atoms with Crippen molar-refractivity contribution in [2.75, 3.05) is 6.54 Å². The summed E-state index contributed by atoms with van der Waals surface area (Å²) in [4.78, 5) is 31.6. The lowest BCUT2D eigenvalue weighted by Crippen LogP contribution is -2.38. The van der Waals surface area contributed by atoms with Gasteiger partial charge in [0.1, 0.15) is 18.3 Å². The van der Waals surface area contributed by atoms with Crippen molar-refractivity contribution in [3.8, 4) is 0 Å². The van der Waals surface area contributed by atoms with Crippen LogP contribution in [0.3, 0.4) is 0 Å². The molecule has 0 saturated carbocycles. The molecule has 0 bridgehead atoms. The molecule has 1 atom stereocenters. The monoisotopic (exact) mass is 263 g/mol. The molecule has 2 aliphatic rings. The first-order valence-electron chi connectivity index (χ1n) is 6.63. The Labute approximate surface area is 111 Å². The number of oxazole rings is 1. The number of carbonyl (C=O) groups excluding carboxylic acids is 2. The molecular formula is C13H17N3O3. The van der Waals surface area contributed by atoms with Gasteiger partial charge in [-0.25, -0.2) is 9.78 Å². The number of urea groups is 1. The number of piperidine rings is 1. The zero-order valence-corrected chi connectivity index (χ0v) is 11.2. The van der Waals surface area contributed by atoms with E-state index >= 15 is 0 Å². The fourth-order valence-electron chi connectivity index (χ4n) is 2.73. The molecule has 6 heteroatoms. The summed E-state index contributed by atoms with van der Waals surface area (Å²) in [5.74, 6) is 1.04. The Bertz CT molecular complexity index is 494. The van der Waals surface area contributed by atoms with Crippen LogP contribution in [0.15, 0.2) is 4.42 Å². The second-order valence-corrected chi connectivity index (χ2v) is 5.16. The highest BCUT2D eigenvalue weighted by molar-refractivity contribution is 6.04. The molecule has 0 aliphatic carbocycles. The van der Waals surface area contributed by atoms with Crippen LogP contribution in [0.5, 0.6) is 0 Å². The van der Waals surface area contributed by atoms with Gasteiger partial charge in [-0.15, -0.1) is 0 Å². The van der Waals surface area contributed by atoms with Crippen LogP contribution in [-0.2, 0) is 11.3 Å². The minimum absolute atomic E-state index is 0.113. The van der Waals surface area contributed by atoms with Crippen LogP contribution >= 0.6 is 0 Å². The number of fused-ring (bicyclic) bond motifs is 1. The van der Waals surface area contributed by atoms with E-state index in [-0.39, 0.29) is 24.5 Å². The van der Waals surface area contributed by atoms with E-state index in [0.717, 1.165) is 30.7 Å². The Balaban J connectivity index is 1.81. The van der Waals surface area contributed by atoms with Gasteiger partial charge in [0.2, 0.25) is 5.89 Å². The van der Waals surface area contributed by atoms with Crippen molar-refractivity contribution in [2.45, 2.75) is 45.7 Å². The molecule has 0 radical (unpaired) electrons. The van der Waals surface area contributed by atoms with Gasteiger partial charge < -0.3 is 9.32 Å². The number of hydrogen-bond donors (Lipinski definition) is 0. The molecule has 0 spiro atoms. The normalized spacial score (nSPS) is 23.2. The molecule has 0 aromatic carbocycles. The molecule has 3 heterocycles. The Morgan fingerprint density at radius 3 is 2.74 bits per heavy atom. The summed E-state index contributed by atoms with van der Waals surface area (Å²) in [5.41, 5.74) is 0.798. The lowest BCUT2D eigenvalue weighted by atomic mass is 10.0. The quantitative estimate of drug-likeness (QED) is 0.760. The number of carbonyl (C=O) groups is 2. The van der Waals surface area contributed by atoms with E-state index in [9.17, 15) is 9.59 Å². The van der Waals surface area contributed by atoms with Gasteiger partial charge in [0.25, 0.3) is 5.91 Å². The Morgan fingerprint density at radius 2 is 2.11 bits per heavy atom. The minimum Gasteiger partial charge on any atom is -0.444 e. The molecule has 2 aliphatic heterocycles. The van der Waals surface area contributed by atoms with E-state index in [1.54, 1.807) is 4.90 Å². The molecule has 1 aromatic heterocycles. The zero-order valence-electron chi connectivity index (χ0n) is 11.2. The van der Waals surface area contributed by atoms with E-state index in [1.165, 1.54) is 4.90 Å². The van der Waals surface area contributed by atoms with Crippen molar-refractivity contribution in [1.29, 1.82) is 0 Å². The van der Waals surface area contributed by atoms with E-state index in [1.807, 2.05) is 13.8 Å². The molecule has 3 rings (SSSR count). The maximum absolute atomic E-state index is 12.2. The highest BCUT2D eigenvalue weighted by Gasteiger charge is 2.46. The van der Waals surface area contributed by atoms with Crippen molar-refractivity contribution in [3.05, 3.63) is 17.3 Å². The standard InChI is InChI=1S/C13H17N3O3/c1-8-9(2)19-11(14-8)7-16-12(17)10-5-3-4-6-15(10)13(16)18/h10H,3-7H2,1-2H3/t10-/m1/s1. The highest BCUT2D eigenvalue weighted by Crippen LogP contribution is 2.27. The first-order chi connectivity index (χ1) is 9.08. The summed E-state index contributed by atoms with van der Waals surface area (Å²) >= 11 is 0. The maximum Gasteiger partial charge on any atom is 0.327 e. The van der Waals surface area contributed by atoms with Gasteiger partial charge in [-0.3, -0.25) is 9.69 Å². The Morgan fingerprint density at radius 1 is 1.32 bits per heavy atom. The number of nitrogens with zero attached hydrogens (tertiary/aromatic N) is 3. The van der Waals surface area contributed by atoms with Gasteiger partial charge in [0.15, 0.2) is 0 Å². The summed E-state index contributed by atoms with van der Waals surface area (Å²) in [6, 6.07) is -0.471. The lowest BCUT2D eigenvalue weighted by molar-refractivity contribution is -0.129. The first-order valence-corrected chi connectivity index (χ1v) is 6.63. The average Bonchev–Trinajstić information content (AvgIpc) is 2.84. The Hall–Kier alpha value is -1.85. The molecule has 2 fully saturated rings. The highest BCUT2D eigenvalue weighted by atomic mass is 16.4. The minimum atomic E-state index is -0.265. The fourth-order valence-corrected chi connectivity index (χ4v) is 2.73. The van der Waals surface area contributed by atoms with Crippen molar-refractivity contribution in [1.82, 2.24) is 14.8 Å². The van der Waals surface area contributed by atoms with Crippen molar-refractivity contribution < 1.29 is 14.0 Å².